The van der Waals surface area contributed by atoms with Crippen molar-refractivity contribution in [2.24, 2.45) is 46.3 Å². The second kappa shape index (κ2) is 14.1. The molecule has 1 unspecified atom stereocenters. The van der Waals surface area contributed by atoms with Crippen LogP contribution in [0, 0.1) is 58.0 Å². The fraction of sp³-hybridized carbons (Fsp3) is 0.711. The summed E-state index contributed by atoms with van der Waals surface area (Å²) in [7, 11) is 0. The van der Waals surface area contributed by atoms with E-state index in [9.17, 15) is 34.0 Å². The molecular formula is C38H52F2N6O6. The lowest BCUT2D eigenvalue weighted by molar-refractivity contribution is -0.207. The zero-order valence-electron chi connectivity index (χ0n) is 30.2. The number of nitrogens with zero attached hydrogens (tertiary/aromatic N) is 6. The van der Waals surface area contributed by atoms with E-state index in [2.05, 4.69) is 41.2 Å². The molecule has 1 aromatic carbocycles. The van der Waals surface area contributed by atoms with Gasteiger partial charge in [0.05, 0.1) is 37.6 Å². The lowest BCUT2D eigenvalue weighted by atomic mass is 9.43. The molecule has 4 fully saturated rings. The van der Waals surface area contributed by atoms with E-state index < -0.39 is 29.4 Å². The van der Waals surface area contributed by atoms with Crippen LogP contribution in [0.3, 0.4) is 0 Å². The van der Waals surface area contributed by atoms with Gasteiger partial charge in [-0.05, 0) is 104 Å². The van der Waals surface area contributed by atoms with Crippen LogP contribution in [0.5, 0.6) is 0 Å². The number of carbonyl (C=O) groups is 1. The van der Waals surface area contributed by atoms with Gasteiger partial charge in [0.2, 0.25) is 0 Å². The van der Waals surface area contributed by atoms with Crippen molar-refractivity contribution in [3.63, 3.8) is 0 Å². The molecule has 0 bridgehead atoms. The summed E-state index contributed by atoms with van der Waals surface area (Å²) in [5.74, 6) is -0.884. The second-order valence-electron chi connectivity index (χ2n) is 16.9. The molecule has 14 heteroatoms. The maximum atomic E-state index is 14.8. The Morgan fingerprint density at radius 1 is 1.08 bits per heavy atom. The third-order valence-electron chi connectivity index (χ3n) is 14.0. The van der Waals surface area contributed by atoms with Gasteiger partial charge in [0.25, 0.3) is 0 Å². The zero-order valence-corrected chi connectivity index (χ0v) is 30.2. The zero-order chi connectivity index (χ0) is 37.0. The van der Waals surface area contributed by atoms with E-state index in [-0.39, 0.29) is 90.1 Å². The molecule has 0 aliphatic heterocycles. The summed E-state index contributed by atoms with van der Waals surface area (Å²) in [5.41, 5.74) is -2.03. The highest BCUT2D eigenvalue weighted by atomic mass is 19.1. The smallest absolute Gasteiger partial charge is 0.306 e. The number of ether oxygens (including phenoxy) is 1. The maximum absolute atomic E-state index is 14.8. The molecule has 52 heavy (non-hydrogen) atoms. The maximum Gasteiger partial charge on any atom is 0.306 e. The molecule has 4 N–H and O–H groups in total. The summed E-state index contributed by atoms with van der Waals surface area (Å²) in [6, 6.07) is 2.94. The summed E-state index contributed by atoms with van der Waals surface area (Å²) < 4.78 is 36.7. The molecule has 4 aliphatic rings. The van der Waals surface area contributed by atoms with Gasteiger partial charge in [-0.2, -0.15) is 5.10 Å². The largest absolute Gasteiger partial charge is 0.459 e. The van der Waals surface area contributed by atoms with E-state index in [0.29, 0.717) is 31.0 Å². The van der Waals surface area contributed by atoms with Crippen molar-refractivity contribution >= 4 is 5.97 Å². The molecule has 12 atom stereocenters. The lowest BCUT2D eigenvalue weighted by Gasteiger charge is -2.63. The normalized spacial score (nSPS) is 35.9. The number of aliphatic hydroxyl groups excluding tert-OH is 3. The molecule has 12 nitrogen and oxygen atoms in total. The number of benzene rings is 1. The predicted octanol–water partition coefficient (Wildman–Crippen LogP) is 4.16. The van der Waals surface area contributed by atoms with Gasteiger partial charge in [0.1, 0.15) is 42.2 Å². The van der Waals surface area contributed by atoms with Crippen molar-refractivity contribution in [2.75, 3.05) is 0 Å². The highest BCUT2D eigenvalue weighted by Crippen LogP contribution is 2.68. The van der Waals surface area contributed by atoms with Crippen LogP contribution < -0.4 is 0 Å². The van der Waals surface area contributed by atoms with Crippen LogP contribution in [0.25, 0.3) is 0 Å². The van der Waals surface area contributed by atoms with Crippen molar-refractivity contribution in [1.82, 2.24) is 29.8 Å². The standard InChI is InChI=1S/C38H52F2N6O6/c1-22(27-7-8-29-35-30(15-33(49)37(27,29)3)36(2)11-10-26(47)12-23(36)13-32(35)48)4-9-34(50)52-17-25-16-45(44-43-25)18-38(51,19-46-21-41-20-42-46)28-6-5-24(39)14-31(28)40/h5-6,14,16,20-23,26-27,29-30,32-33,35,47-49,51H,4,7-13,15,17-19H2,1-3H3/t22-,23+,26-,27-,29+,30+,32-,33+,35+,36+,37-,38?/m1/s1. The van der Waals surface area contributed by atoms with Crippen molar-refractivity contribution < 1.29 is 38.7 Å². The SMILES string of the molecule is C[C@H](CCC(=O)OCc1cn(CC(O)(Cn2cncn2)c2ccc(F)cc2F)nn1)[C@H]1CC[C@H]2[C@@H]3[C@H](O)C[C@@H]4C[C@H](O)CC[C@]4(C)[C@H]3C[C@H](O)[C@]12C. The number of aliphatic hydroxyl groups is 4. The summed E-state index contributed by atoms with van der Waals surface area (Å²) in [6.07, 6.45) is 9.44. The van der Waals surface area contributed by atoms with Gasteiger partial charge in [-0.15, -0.1) is 5.10 Å². The van der Waals surface area contributed by atoms with Gasteiger partial charge in [0.15, 0.2) is 0 Å². The molecule has 4 saturated carbocycles. The van der Waals surface area contributed by atoms with Gasteiger partial charge in [0, 0.05) is 18.1 Å². The number of aromatic nitrogens is 6. The van der Waals surface area contributed by atoms with Crippen LogP contribution >= 0.6 is 0 Å². The fourth-order valence-electron chi connectivity index (χ4n) is 11.3. The van der Waals surface area contributed by atoms with Crippen LogP contribution in [0.2, 0.25) is 0 Å². The van der Waals surface area contributed by atoms with E-state index >= 15 is 0 Å². The number of fused-ring (bicyclic) bond motifs is 5. The third-order valence-corrected chi connectivity index (χ3v) is 14.0. The van der Waals surface area contributed by atoms with Crippen molar-refractivity contribution in [3.05, 3.63) is 59.9 Å². The Labute approximate surface area is 302 Å². The molecule has 0 amide bonds. The minimum Gasteiger partial charge on any atom is -0.459 e. The molecular weight excluding hydrogens is 674 g/mol. The van der Waals surface area contributed by atoms with Crippen LogP contribution in [0.1, 0.15) is 89.8 Å². The highest BCUT2D eigenvalue weighted by Gasteiger charge is 2.65. The quantitative estimate of drug-likeness (QED) is 0.211. The molecule has 3 aromatic rings. The number of halogens is 2. The number of hydrogen-bond donors (Lipinski definition) is 4. The number of hydrogen-bond acceptors (Lipinski definition) is 10. The first-order valence-corrected chi connectivity index (χ1v) is 18.8. The van der Waals surface area contributed by atoms with E-state index in [1.807, 2.05) is 0 Å². The Morgan fingerprint density at radius 2 is 1.87 bits per heavy atom. The van der Waals surface area contributed by atoms with Crippen LogP contribution in [0.15, 0.2) is 37.1 Å². The lowest BCUT2D eigenvalue weighted by Crippen LogP contribution is -2.62. The predicted molar refractivity (Wildman–Crippen MR) is 182 cm³/mol. The Balaban J connectivity index is 0.948. The van der Waals surface area contributed by atoms with E-state index in [1.165, 1.54) is 34.3 Å². The van der Waals surface area contributed by atoms with Gasteiger partial charge in [-0.1, -0.05) is 32.1 Å². The Hall–Kier alpha value is -3.33. The first-order valence-electron chi connectivity index (χ1n) is 18.8. The van der Waals surface area contributed by atoms with Gasteiger partial charge in [-0.3, -0.25) is 4.79 Å². The fourth-order valence-corrected chi connectivity index (χ4v) is 11.3. The molecule has 4 aliphatic carbocycles. The summed E-state index contributed by atoms with van der Waals surface area (Å²) in [5, 5.41) is 57.5. The van der Waals surface area contributed by atoms with E-state index in [1.54, 1.807) is 0 Å². The average Bonchev–Trinajstić information content (AvgIpc) is 3.85. The first-order chi connectivity index (χ1) is 24.7. The van der Waals surface area contributed by atoms with Gasteiger partial charge in [-0.25, -0.2) is 23.1 Å². The molecule has 0 radical (unpaired) electrons. The third kappa shape index (κ3) is 6.68. The number of rotatable bonds is 11. The minimum absolute atomic E-state index is 0.0178. The molecule has 0 spiro atoms. The Kier molecular flexibility index (Phi) is 10.1. The van der Waals surface area contributed by atoms with E-state index in [0.717, 1.165) is 38.2 Å². The summed E-state index contributed by atoms with van der Waals surface area (Å²) in [4.78, 5) is 16.8. The Morgan fingerprint density at radius 3 is 2.62 bits per heavy atom. The Bertz CT molecular complexity index is 1730. The second-order valence-corrected chi connectivity index (χ2v) is 16.9. The molecule has 0 saturated heterocycles. The molecule has 2 heterocycles. The molecule has 284 valence electrons. The van der Waals surface area contributed by atoms with Crippen LogP contribution in [0.4, 0.5) is 8.78 Å². The molecule has 2 aromatic heterocycles. The topological polar surface area (TPSA) is 169 Å². The molecule has 7 rings (SSSR count). The summed E-state index contributed by atoms with van der Waals surface area (Å²) >= 11 is 0. The van der Waals surface area contributed by atoms with Crippen LogP contribution in [-0.2, 0) is 34.8 Å². The highest BCUT2D eigenvalue weighted by molar-refractivity contribution is 5.69. The van der Waals surface area contributed by atoms with Gasteiger partial charge < -0.3 is 25.2 Å². The first kappa shape index (κ1) is 37.0. The number of esters is 1. The van der Waals surface area contributed by atoms with Crippen molar-refractivity contribution in [3.8, 4) is 0 Å². The number of carbonyl (C=O) groups excluding carboxylic acids is 1. The van der Waals surface area contributed by atoms with Crippen molar-refractivity contribution in [2.45, 2.75) is 122 Å². The average molecular weight is 727 g/mol. The summed E-state index contributed by atoms with van der Waals surface area (Å²) in [6.45, 7) is 6.11. The van der Waals surface area contributed by atoms with Gasteiger partial charge >= 0.3 is 5.97 Å². The van der Waals surface area contributed by atoms with E-state index in [4.69, 9.17) is 4.74 Å². The monoisotopic (exact) mass is 726 g/mol. The van der Waals surface area contributed by atoms with Crippen molar-refractivity contribution in [1.29, 1.82) is 0 Å². The van der Waals surface area contributed by atoms with Crippen LogP contribution in [-0.4, -0.2) is 74.5 Å². The minimum atomic E-state index is -1.89.